The first kappa shape index (κ1) is 14.8. The van der Waals surface area contributed by atoms with Gasteiger partial charge in [-0.25, -0.2) is 5.43 Å². The third kappa shape index (κ3) is 3.75. The van der Waals surface area contributed by atoms with Gasteiger partial charge in [-0.05, 0) is 12.1 Å². The minimum atomic E-state index is -0.139. The van der Waals surface area contributed by atoms with Gasteiger partial charge in [0.15, 0.2) is 11.5 Å². The Hall–Kier alpha value is -2.12. The monoisotopic (exact) mass is 305 g/mol. The Bertz CT molecular complexity index is 556. The highest BCUT2D eigenvalue weighted by Gasteiger charge is 2.15. The van der Waals surface area contributed by atoms with Crippen molar-refractivity contribution < 1.29 is 19.0 Å². The molecule has 0 spiro atoms. The van der Waals surface area contributed by atoms with E-state index in [1.165, 1.54) is 0 Å². The lowest BCUT2D eigenvalue weighted by Crippen LogP contribution is -2.42. The first-order chi connectivity index (χ1) is 10.8. The molecule has 1 fully saturated rings. The van der Waals surface area contributed by atoms with Crippen LogP contribution in [0.3, 0.4) is 0 Å². The number of hydrogen-bond acceptors (Lipinski definition) is 6. The molecule has 1 amide bonds. The zero-order chi connectivity index (χ0) is 15.2. The van der Waals surface area contributed by atoms with Crippen molar-refractivity contribution in [3.63, 3.8) is 0 Å². The van der Waals surface area contributed by atoms with Gasteiger partial charge in [0.05, 0.1) is 26.0 Å². The summed E-state index contributed by atoms with van der Waals surface area (Å²) in [6, 6.07) is 5.58. The molecule has 2 heterocycles. The fourth-order valence-corrected chi connectivity index (χ4v) is 2.37. The van der Waals surface area contributed by atoms with Crippen molar-refractivity contribution in [3.8, 4) is 11.5 Å². The molecule has 0 unspecified atom stereocenters. The lowest BCUT2D eigenvalue weighted by molar-refractivity contribution is -0.123. The summed E-state index contributed by atoms with van der Waals surface area (Å²) in [5.41, 5.74) is 3.32. The molecule has 0 saturated carbocycles. The zero-order valence-corrected chi connectivity index (χ0v) is 12.3. The van der Waals surface area contributed by atoms with Crippen molar-refractivity contribution in [2.75, 3.05) is 46.1 Å². The minimum absolute atomic E-state index is 0.139. The van der Waals surface area contributed by atoms with E-state index < -0.39 is 0 Å². The first-order valence-corrected chi connectivity index (χ1v) is 7.33. The summed E-state index contributed by atoms with van der Waals surface area (Å²) in [6.45, 7) is 4.27. The maximum Gasteiger partial charge on any atom is 0.254 e. The zero-order valence-electron chi connectivity index (χ0n) is 12.3. The van der Waals surface area contributed by atoms with E-state index in [-0.39, 0.29) is 5.91 Å². The number of para-hydroxylation sites is 1. The van der Waals surface area contributed by atoms with E-state index in [0.29, 0.717) is 44.5 Å². The number of carbonyl (C=O) groups is 1. The van der Waals surface area contributed by atoms with Gasteiger partial charge in [0, 0.05) is 18.7 Å². The van der Waals surface area contributed by atoms with Crippen LogP contribution in [-0.4, -0.2) is 63.1 Å². The second kappa shape index (κ2) is 7.24. The Morgan fingerprint density at radius 3 is 2.91 bits per heavy atom. The minimum Gasteiger partial charge on any atom is -0.486 e. The number of rotatable bonds is 4. The van der Waals surface area contributed by atoms with E-state index in [1.807, 2.05) is 23.1 Å². The number of fused-ring (bicyclic) bond motifs is 1. The lowest BCUT2D eigenvalue weighted by Gasteiger charge is -2.25. The van der Waals surface area contributed by atoms with Crippen LogP contribution in [0.15, 0.2) is 23.3 Å². The lowest BCUT2D eigenvalue weighted by atomic mass is 10.2. The summed E-state index contributed by atoms with van der Waals surface area (Å²) in [5, 5.41) is 4.00. The standard InChI is InChI=1S/C15H19N3O4/c19-14(11-18-4-6-20-7-5-18)17-16-10-12-2-1-3-13-15(12)22-9-8-21-13/h1-3,10H,4-9,11H2,(H,17,19)/b16-10-. The first-order valence-electron chi connectivity index (χ1n) is 7.33. The van der Waals surface area contributed by atoms with Crippen LogP contribution in [0, 0.1) is 0 Å². The van der Waals surface area contributed by atoms with Crippen molar-refractivity contribution in [2.24, 2.45) is 5.10 Å². The fraction of sp³-hybridized carbons (Fsp3) is 0.467. The van der Waals surface area contributed by atoms with Crippen LogP contribution < -0.4 is 14.9 Å². The van der Waals surface area contributed by atoms with Crippen molar-refractivity contribution >= 4 is 12.1 Å². The SMILES string of the molecule is O=C(CN1CCOCC1)N/N=C\c1cccc2c1OCCO2. The normalized spacial score (nSPS) is 18.4. The van der Waals surface area contributed by atoms with Crippen LogP contribution in [0.5, 0.6) is 11.5 Å². The summed E-state index contributed by atoms with van der Waals surface area (Å²) in [6.07, 6.45) is 1.57. The summed E-state index contributed by atoms with van der Waals surface area (Å²) < 4.78 is 16.3. The third-order valence-corrected chi connectivity index (χ3v) is 3.46. The number of nitrogens with one attached hydrogen (secondary N) is 1. The molecule has 1 N–H and O–H groups in total. The topological polar surface area (TPSA) is 72.4 Å². The molecular formula is C15H19N3O4. The van der Waals surface area contributed by atoms with Crippen molar-refractivity contribution in [1.29, 1.82) is 0 Å². The highest BCUT2D eigenvalue weighted by molar-refractivity contribution is 5.86. The van der Waals surface area contributed by atoms with Crippen LogP contribution in [-0.2, 0) is 9.53 Å². The summed E-state index contributed by atoms with van der Waals surface area (Å²) in [4.78, 5) is 13.9. The van der Waals surface area contributed by atoms with Gasteiger partial charge in [-0.3, -0.25) is 9.69 Å². The number of benzene rings is 1. The summed E-state index contributed by atoms with van der Waals surface area (Å²) >= 11 is 0. The summed E-state index contributed by atoms with van der Waals surface area (Å²) in [7, 11) is 0. The van der Waals surface area contributed by atoms with Crippen LogP contribution in [0.1, 0.15) is 5.56 Å². The molecular weight excluding hydrogens is 286 g/mol. The van der Waals surface area contributed by atoms with E-state index in [2.05, 4.69) is 10.5 Å². The predicted molar refractivity (Wildman–Crippen MR) is 80.4 cm³/mol. The number of carbonyl (C=O) groups excluding carboxylic acids is 1. The molecule has 7 nitrogen and oxygen atoms in total. The van der Waals surface area contributed by atoms with Crippen LogP contribution in [0.25, 0.3) is 0 Å². The third-order valence-electron chi connectivity index (χ3n) is 3.46. The highest BCUT2D eigenvalue weighted by Crippen LogP contribution is 2.32. The van der Waals surface area contributed by atoms with E-state index in [0.717, 1.165) is 18.7 Å². The molecule has 2 aliphatic heterocycles. The van der Waals surface area contributed by atoms with Crippen molar-refractivity contribution in [1.82, 2.24) is 10.3 Å². The van der Waals surface area contributed by atoms with Gasteiger partial charge in [0.1, 0.15) is 13.2 Å². The fourth-order valence-electron chi connectivity index (χ4n) is 2.37. The molecule has 1 aromatic rings. The predicted octanol–water partition coefficient (Wildman–Crippen LogP) is 0.240. The quantitative estimate of drug-likeness (QED) is 0.637. The van der Waals surface area contributed by atoms with Gasteiger partial charge in [-0.1, -0.05) is 6.07 Å². The smallest absolute Gasteiger partial charge is 0.254 e. The molecule has 0 atom stereocenters. The molecule has 7 heteroatoms. The highest BCUT2D eigenvalue weighted by atomic mass is 16.6. The molecule has 1 saturated heterocycles. The second-order valence-corrected chi connectivity index (χ2v) is 5.05. The molecule has 22 heavy (non-hydrogen) atoms. The number of ether oxygens (including phenoxy) is 3. The maximum atomic E-state index is 11.8. The number of nitrogens with zero attached hydrogens (tertiary/aromatic N) is 2. The van der Waals surface area contributed by atoms with Gasteiger partial charge in [0.25, 0.3) is 5.91 Å². The molecule has 0 bridgehead atoms. The molecule has 0 aromatic heterocycles. The van der Waals surface area contributed by atoms with Crippen molar-refractivity contribution in [2.45, 2.75) is 0 Å². The van der Waals surface area contributed by atoms with Crippen LogP contribution >= 0.6 is 0 Å². The molecule has 1 aromatic carbocycles. The van der Waals surface area contributed by atoms with Crippen LogP contribution in [0.4, 0.5) is 0 Å². The largest absolute Gasteiger partial charge is 0.486 e. The Balaban J connectivity index is 1.54. The van der Waals surface area contributed by atoms with E-state index >= 15 is 0 Å². The van der Waals surface area contributed by atoms with Gasteiger partial charge in [0.2, 0.25) is 0 Å². The number of hydrogen-bond donors (Lipinski definition) is 1. The Morgan fingerprint density at radius 2 is 2.05 bits per heavy atom. The Morgan fingerprint density at radius 1 is 1.23 bits per heavy atom. The van der Waals surface area contributed by atoms with Gasteiger partial charge in [-0.15, -0.1) is 0 Å². The average Bonchev–Trinajstić information content (AvgIpc) is 2.56. The van der Waals surface area contributed by atoms with Gasteiger partial charge in [-0.2, -0.15) is 5.10 Å². The number of amides is 1. The average molecular weight is 305 g/mol. The van der Waals surface area contributed by atoms with Crippen LogP contribution in [0.2, 0.25) is 0 Å². The molecule has 2 aliphatic rings. The molecule has 0 radical (unpaired) electrons. The number of morpholine rings is 1. The van der Waals surface area contributed by atoms with Gasteiger partial charge >= 0.3 is 0 Å². The van der Waals surface area contributed by atoms with E-state index in [4.69, 9.17) is 14.2 Å². The molecule has 118 valence electrons. The van der Waals surface area contributed by atoms with Crippen molar-refractivity contribution in [3.05, 3.63) is 23.8 Å². The maximum absolute atomic E-state index is 11.8. The Kier molecular flexibility index (Phi) is 4.87. The van der Waals surface area contributed by atoms with E-state index in [1.54, 1.807) is 6.21 Å². The van der Waals surface area contributed by atoms with E-state index in [9.17, 15) is 4.79 Å². The van der Waals surface area contributed by atoms with Gasteiger partial charge < -0.3 is 14.2 Å². The Labute approximate surface area is 128 Å². The molecule has 0 aliphatic carbocycles. The number of hydrazone groups is 1. The molecule has 3 rings (SSSR count). The second-order valence-electron chi connectivity index (χ2n) is 5.05. The summed E-state index contributed by atoms with van der Waals surface area (Å²) in [5.74, 6) is 1.23.